The number of ether oxygens (including phenoxy) is 2. The summed E-state index contributed by atoms with van der Waals surface area (Å²) in [7, 11) is 0. The van der Waals surface area contributed by atoms with Crippen LogP contribution in [0.1, 0.15) is 40.5 Å². The van der Waals surface area contributed by atoms with Gasteiger partial charge in [0.05, 0.1) is 18.8 Å². The number of likely N-dealkylation sites (tertiary alicyclic amines) is 1. The minimum absolute atomic E-state index is 0.0402. The smallest absolute Gasteiger partial charge is 0.411 e. The molecule has 1 saturated carbocycles. The highest BCUT2D eigenvalue weighted by molar-refractivity contribution is 5.83. The second-order valence-corrected chi connectivity index (χ2v) is 6.45. The molecule has 0 radical (unpaired) electrons. The van der Waals surface area contributed by atoms with Gasteiger partial charge in [-0.1, -0.05) is 0 Å². The van der Waals surface area contributed by atoms with Crippen molar-refractivity contribution in [1.29, 1.82) is 0 Å². The summed E-state index contributed by atoms with van der Waals surface area (Å²) in [6.07, 6.45) is 0.0251. The Kier molecular flexibility index (Phi) is 3.95. The molecule has 6 heteroatoms. The Labute approximate surface area is 119 Å². The number of piperidine rings is 1. The van der Waals surface area contributed by atoms with Gasteiger partial charge in [0.25, 0.3) is 0 Å². The van der Waals surface area contributed by atoms with Gasteiger partial charge in [-0.2, -0.15) is 0 Å². The third-order valence-corrected chi connectivity index (χ3v) is 3.77. The molecule has 2 aliphatic rings. The van der Waals surface area contributed by atoms with Gasteiger partial charge in [-0.15, -0.1) is 0 Å². The Balaban J connectivity index is 2.18. The Bertz CT molecular complexity index is 403. The molecular formula is C14H23NO5. The summed E-state index contributed by atoms with van der Waals surface area (Å²) in [5.74, 6) is -0.445. The fourth-order valence-electron chi connectivity index (χ4n) is 3.12. The molecule has 6 nitrogen and oxygen atoms in total. The monoisotopic (exact) mass is 285 g/mol. The van der Waals surface area contributed by atoms with Gasteiger partial charge in [0.1, 0.15) is 11.6 Å². The van der Waals surface area contributed by atoms with E-state index in [2.05, 4.69) is 0 Å². The number of hydrogen-bond donors (Lipinski definition) is 1. The van der Waals surface area contributed by atoms with Crippen LogP contribution in [-0.4, -0.2) is 52.5 Å². The fourth-order valence-corrected chi connectivity index (χ4v) is 3.12. The van der Waals surface area contributed by atoms with Crippen molar-refractivity contribution >= 4 is 12.1 Å². The average Bonchev–Trinajstić information content (AvgIpc) is 2.82. The normalized spacial score (nSPS) is 32.4. The first-order valence-electron chi connectivity index (χ1n) is 7.10. The van der Waals surface area contributed by atoms with Gasteiger partial charge in [-0.05, 0) is 46.5 Å². The van der Waals surface area contributed by atoms with Gasteiger partial charge in [-0.3, -0.25) is 4.90 Å². The van der Waals surface area contributed by atoms with Crippen LogP contribution in [0.25, 0.3) is 0 Å². The third kappa shape index (κ3) is 2.75. The number of hydrogen-bond acceptors (Lipinski definition) is 5. The Morgan fingerprint density at radius 3 is 2.50 bits per heavy atom. The zero-order valence-corrected chi connectivity index (χ0v) is 12.5. The number of esters is 1. The second-order valence-electron chi connectivity index (χ2n) is 6.45. The largest absolute Gasteiger partial charge is 0.464 e. The van der Waals surface area contributed by atoms with E-state index >= 15 is 0 Å². The van der Waals surface area contributed by atoms with Crippen LogP contribution in [0, 0.1) is 5.92 Å². The number of aliphatic hydroxyl groups excluding tert-OH is 1. The van der Waals surface area contributed by atoms with Crippen LogP contribution in [0.4, 0.5) is 4.79 Å². The quantitative estimate of drug-likeness (QED) is 0.774. The molecule has 20 heavy (non-hydrogen) atoms. The first-order valence-corrected chi connectivity index (χ1v) is 7.10. The van der Waals surface area contributed by atoms with E-state index in [1.807, 2.05) is 0 Å². The molecular weight excluding hydrogens is 262 g/mol. The molecule has 4 atom stereocenters. The second kappa shape index (κ2) is 5.24. The van der Waals surface area contributed by atoms with Crippen LogP contribution >= 0.6 is 0 Å². The van der Waals surface area contributed by atoms with E-state index in [0.717, 1.165) is 0 Å². The first kappa shape index (κ1) is 15.1. The molecule has 1 aliphatic carbocycles. The molecule has 0 aromatic rings. The van der Waals surface area contributed by atoms with Gasteiger partial charge in [-0.25, -0.2) is 9.59 Å². The molecule has 2 rings (SSSR count). The number of amides is 1. The highest BCUT2D eigenvalue weighted by atomic mass is 16.6. The molecule has 2 unspecified atom stereocenters. The number of aliphatic hydroxyl groups is 1. The van der Waals surface area contributed by atoms with Crippen molar-refractivity contribution in [2.45, 2.75) is 64.3 Å². The topological polar surface area (TPSA) is 76.1 Å². The van der Waals surface area contributed by atoms with Gasteiger partial charge in [0, 0.05) is 0 Å². The lowest BCUT2D eigenvalue weighted by Crippen LogP contribution is -2.55. The van der Waals surface area contributed by atoms with Crippen molar-refractivity contribution in [3.05, 3.63) is 0 Å². The van der Waals surface area contributed by atoms with Crippen molar-refractivity contribution in [1.82, 2.24) is 4.90 Å². The number of rotatable bonds is 2. The Morgan fingerprint density at radius 2 is 1.95 bits per heavy atom. The summed E-state index contributed by atoms with van der Waals surface area (Å²) in [4.78, 5) is 25.7. The van der Waals surface area contributed by atoms with E-state index in [1.165, 1.54) is 4.90 Å². The maximum Gasteiger partial charge on any atom is 0.411 e. The van der Waals surface area contributed by atoms with Gasteiger partial charge in [0.2, 0.25) is 0 Å². The molecule has 1 heterocycles. The molecule has 1 amide bonds. The SMILES string of the molecule is CCOC(=O)[C@@H]1C2CC([C@H](O)C2)N1C(=O)OC(C)(C)C. The van der Waals surface area contributed by atoms with E-state index in [9.17, 15) is 14.7 Å². The maximum atomic E-state index is 12.3. The fraction of sp³-hybridized carbons (Fsp3) is 0.857. The van der Waals surface area contributed by atoms with Gasteiger partial charge in [0.15, 0.2) is 0 Å². The number of carbonyl (C=O) groups is 2. The molecule has 0 aromatic heterocycles. The summed E-state index contributed by atoms with van der Waals surface area (Å²) in [6, 6.07) is -0.970. The average molecular weight is 285 g/mol. The van der Waals surface area contributed by atoms with Crippen molar-refractivity contribution in [3.8, 4) is 0 Å². The summed E-state index contributed by atoms with van der Waals surface area (Å²) in [5, 5.41) is 9.96. The molecule has 114 valence electrons. The molecule has 2 bridgehead atoms. The molecule has 0 aromatic carbocycles. The lowest BCUT2D eigenvalue weighted by molar-refractivity contribution is -0.152. The molecule has 1 saturated heterocycles. The summed E-state index contributed by atoms with van der Waals surface area (Å²) >= 11 is 0. The van der Waals surface area contributed by atoms with Crippen LogP contribution in [-0.2, 0) is 14.3 Å². The van der Waals surface area contributed by atoms with Crippen molar-refractivity contribution < 1.29 is 24.2 Å². The van der Waals surface area contributed by atoms with Crippen molar-refractivity contribution in [3.63, 3.8) is 0 Å². The predicted octanol–water partition coefficient (Wildman–Crippen LogP) is 1.31. The minimum atomic E-state index is -0.636. The van der Waals surface area contributed by atoms with E-state index in [1.54, 1.807) is 27.7 Å². The van der Waals surface area contributed by atoms with E-state index in [0.29, 0.717) is 12.8 Å². The highest BCUT2D eigenvalue weighted by Crippen LogP contribution is 2.43. The van der Waals surface area contributed by atoms with E-state index in [4.69, 9.17) is 9.47 Å². The van der Waals surface area contributed by atoms with Crippen LogP contribution in [0.5, 0.6) is 0 Å². The zero-order valence-electron chi connectivity index (χ0n) is 12.5. The lowest BCUT2D eigenvalue weighted by atomic mass is 9.98. The summed E-state index contributed by atoms with van der Waals surface area (Å²) < 4.78 is 10.4. The molecule has 2 fully saturated rings. The van der Waals surface area contributed by atoms with Crippen LogP contribution in [0.15, 0.2) is 0 Å². The Hall–Kier alpha value is -1.30. The Morgan fingerprint density at radius 1 is 1.30 bits per heavy atom. The number of fused-ring (bicyclic) bond motifs is 2. The van der Waals surface area contributed by atoms with E-state index in [-0.39, 0.29) is 18.6 Å². The third-order valence-electron chi connectivity index (χ3n) is 3.77. The van der Waals surface area contributed by atoms with Crippen molar-refractivity contribution in [2.24, 2.45) is 5.92 Å². The van der Waals surface area contributed by atoms with E-state index < -0.39 is 29.8 Å². The van der Waals surface area contributed by atoms with Gasteiger partial charge >= 0.3 is 12.1 Å². The maximum absolute atomic E-state index is 12.3. The van der Waals surface area contributed by atoms with Gasteiger partial charge < -0.3 is 14.6 Å². The standard InChI is InChI=1S/C14H23NO5/c1-5-19-12(17)11-8-6-9(10(16)7-8)15(11)13(18)20-14(2,3)4/h8-11,16H,5-7H2,1-4H3/t8?,9?,10-,11+/m1/s1. The van der Waals surface area contributed by atoms with Crippen LogP contribution in [0.3, 0.4) is 0 Å². The highest BCUT2D eigenvalue weighted by Gasteiger charge is 2.57. The zero-order chi connectivity index (χ0) is 15.1. The number of carbonyl (C=O) groups excluding carboxylic acids is 2. The van der Waals surface area contributed by atoms with Crippen LogP contribution in [0.2, 0.25) is 0 Å². The molecule has 1 N–H and O–H groups in total. The molecule has 0 spiro atoms. The van der Waals surface area contributed by atoms with Crippen molar-refractivity contribution in [2.75, 3.05) is 6.61 Å². The minimum Gasteiger partial charge on any atom is -0.464 e. The summed E-state index contributed by atoms with van der Waals surface area (Å²) in [5.41, 5.74) is -0.636. The number of nitrogens with zero attached hydrogens (tertiary/aromatic N) is 1. The predicted molar refractivity (Wildman–Crippen MR) is 71.0 cm³/mol. The first-order chi connectivity index (χ1) is 9.24. The summed E-state index contributed by atoms with van der Waals surface area (Å²) in [6.45, 7) is 7.33. The lowest BCUT2D eigenvalue weighted by Gasteiger charge is -2.37. The van der Waals surface area contributed by atoms with Crippen LogP contribution < -0.4 is 0 Å². The molecule has 1 aliphatic heterocycles.